The van der Waals surface area contributed by atoms with Gasteiger partial charge in [-0.3, -0.25) is 9.59 Å². The third-order valence-corrected chi connectivity index (χ3v) is 14.5. The standard InChI is InChI=1S/C63H121NO5/c1-3-5-7-9-11-13-15-17-19-20-21-25-29-33-37-41-45-49-53-57-63(68)69-58-54-50-46-42-38-34-30-26-23-22-24-28-32-36-40-44-48-52-56-62(67)64-60(59-65)61(66)55-51-47-43-39-35-31-27-18-16-14-12-10-8-6-4-2/h17,19,51,55,60-61,65-66H,3-16,18,20-50,52-54,56-59H2,1-2H3,(H,64,67)/b19-17-,55-51+. The predicted octanol–water partition coefficient (Wildman–Crippen LogP) is 19.4. The molecule has 0 fully saturated rings. The van der Waals surface area contributed by atoms with Crippen molar-refractivity contribution in [2.45, 2.75) is 353 Å². The fourth-order valence-corrected chi connectivity index (χ4v) is 9.69. The number of carbonyl (C=O) groups excluding carboxylic acids is 2. The molecule has 3 N–H and O–H groups in total. The molecule has 0 aliphatic rings. The molecule has 0 aliphatic heterocycles. The van der Waals surface area contributed by atoms with Gasteiger partial charge >= 0.3 is 5.97 Å². The van der Waals surface area contributed by atoms with Crippen molar-refractivity contribution < 1.29 is 24.5 Å². The molecule has 0 spiro atoms. The Hall–Kier alpha value is -1.66. The van der Waals surface area contributed by atoms with Gasteiger partial charge in [0.15, 0.2) is 0 Å². The fourth-order valence-electron chi connectivity index (χ4n) is 9.69. The van der Waals surface area contributed by atoms with Gasteiger partial charge in [-0.25, -0.2) is 0 Å². The van der Waals surface area contributed by atoms with Crippen molar-refractivity contribution in [3.63, 3.8) is 0 Å². The lowest BCUT2D eigenvalue weighted by atomic mass is 10.0. The molecule has 0 radical (unpaired) electrons. The van der Waals surface area contributed by atoms with Crippen LogP contribution in [0, 0.1) is 0 Å². The highest BCUT2D eigenvalue weighted by atomic mass is 16.5. The molecule has 2 atom stereocenters. The van der Waals surface area contributed by atoms with E-state index in [1.807, 2.05) is 6.08 Å². The van der Waals surface area contributed by atoms with E-state index in [1.54, 1.807) is 6.08 Å². The minimum atomic E-state index is -0.847. The average molecular weight is 973 g/mol. The summed E-state index contributed by atoms with van der Waals surface area (Å²) in [4.78, 5) is 24.6. The van der Waals surface area contributed by atoms with Gasteiger partial charge in [0, 0.05) is 12.8 Å². The van der Waals surface area contributed by atoms with Gasteiger partial charge in [-0.15, -0.1) is 0 Å². The molecular formula is C63H121NO5. The quantitative estimate of drug-likeness (QED) is 0.0321. The zero-order chi connectivity index (χ0) is 50.0. The van der Waals surface area contributed by atoms with Crippen LogP contribution in [0.3, 0.4) is 0 Å². The molecule has 6 heteroatoms. The summed E-state index contributed by atoms with van der Waals surface area (Å²) >= 11 is 0. The molecule has 0 bridgehead atoms. The van der Waals surface area contributed by atoms with Crippen LogP contribution in [0.5, 0.6) is 0 Å². The van der Waals surface area contributed by atoms with Crippen molar-refractivity contribution in [3.05, 3.63) is 24.3 Å². The SMILES string of the molecule is CCCCCCCC/C=C\CCCCCCCCCCCC(=O)OCCCCCCCCCCCCCCCCCCCCC(=O)NC(CO)C(O)/C=C/CCCCCCCCCCCCCCC. The average Bonchev–Trinajstić information content (AvgIpc) is 3.35. The smallest absolute Gasteiger partial charge is 0.305 e. The molecule has 1 amide bonds. The Balaban J connectivity index is 3.41. The summed E-state index contributed by atoms with van der Waals surface area (Å²) in [6, 6.07) is -0.630. The minimum absolute atomic E-state index is 0.00650. The molecule has 0 aromatic rings. The number of aliphatic hydroxyl groups excluding tert-OH is 2. The lowest BCUT2D eigenvalue weighted by molar-refractivity contribution is -0.143. The van der Waals surface area contributed by atoms with Crippen LogP contribution >= 0.6 is 0 Å². The zero-order valence-electron chi connectivity index (χ0n) is 46.6. The molecular weight excluding hydrogens is 851 g/mol. The second-order valence-electron chi connectivity index (χ2n) is 21.4. The van der Waals surface area contributed by atoms with Gasteiger partial charge in [-0.1, -0.05) is 295 Å². The predicted molar refractivity (Wildman–Crippen MR) is 301 cm³/mol. The third kappa shape index (κ3) is 55.5. The Labute approximate surface area is 431 Å². The van der Waals surface area contributed by atoms with Gasteiger partial charge in [0.2, 0.25) is 5.91 Å². The number of hydrogen-bond acceptors (Lipinski definition) is 5. The first kappa shape index (κ1) is 67.3. The second kappa shape index (κ2) is 58.9. The first-order valence-corrected chi connectivity index (χ1v) is 31.1. The van der Waals surface area contributed by atoms with Crippen molar-refractivity contribution in [2.75, 3.05) is 13.2 Å². The molecule has 0 heterocycles. The number of amides is 1. The molecule has 0 saturated heterocycles. The van der Waals surface area contributed by atoms with Crippen LogP contribution in [-0.2, 0) is 14.3 Å². The molecule has 408 valence electrons. The van der Waals surface area contributed by atoms with E-state index in [2.05, 4.69) is 31.3 Å². The van der Waals surface area contributed by atoms with E-state index in [-0.39, 0.29) is 18.5 Å². The highest BCUT2D eigenvalue weighted by Gasteiger charge is 2.18. The maximum Gasteiger partial charge on any atom is 0.305 e. The van der Waals surface area contributed by atoms with Gasteiger partial charge in [-0.2, -0.15) is 0 Å². The van der Waals surface area contributed by atoms with Crippen molar-refractivity contribution in [2.24, 2.45) is 0 Å². The van der Waals surface area contributed by atoms with Crippen LogP contribution in [-0.4, -0.2) is 47.4 Å². The first-order chi connectivity index (χ1) is 34.0. The number of allylic oxidation sites excluding steroid dienone is 3. The summed E-state index contributed by atoms with van der Waals surface area (Å²) < 4.78 is 5.50. The summed E-state index contributed by atoms with van der Waals surface area (Å²) in [5.41, 5.74) is 0. The van der Waals surface area contributed by atoms with E-state index in [0.29, 0.717) is 19.4 Å². The third-order valence-electron chi connectivity index (χ3n) is 14.5. The summed E-state index contributed by atoms with van der Waals surface area (Å²) in [6.45, 7) is 4.91. The maximum absolute atomic E-state index is 12.5. The van der Waals surface area contributed by atoms with E-state index in [0.717, 1.165) is 44.9 Å². The number of unbranched alkanes of at least 4 members (excludes halogenated alkanes) is 45. The Morgan fingerprint density at radius 2 is 0.681 bits per heavy atom. The van der Waals surface area contributed by atoms with E-state index in [9.17, 15) is 19.8 Å². The fraction of sp³-hybridized carbons (Fsp3) is 0.905. The Morgan fingerprint density at radius 1 is 0.391 bits per heavy atom. The van der Waals surface area contributed by atoms with Crippen LogP contribution < -0.4 is 5.32 Å². The van der Waals surface area contributed by atoms with Crippen LogP contribution in [0.4, 0.5) is 0 Å². The van der Waals surface area contributed by atoms with Gasteiger partial charge in [0.05, 0.1) is 25.4 Å². The molecule has 0 aromatic carbocycles. The normalized spacial score (nSPS) is 12.7. The summed E-state index contributed by atoms with van der Waals surface area (Å²) in [6.07, 6.45) is 72.1. The molecule has 2 unspecified atom stereocenters. The number of esters is 1. The number of rotatable bonds is 58. The zero-order valence-corrected chi connectivity index (χ0v) is 46.6. The van der Waals surface area contributed by atoms with Gasteiger partial charge in [0.1, 0.15) is 0 Å². The Kier molecular flexibility index (Phi) is 57.5. The number of ether oxygens (including phenoxy) is 1. The summed E-state index contributed by atoms with van der Waals surface area (Å²) in [5.74, 6) is -0.0638. The lowest BCUT2D eigenvalue weighted by Gasteiger charge is -2.20. The van der Waals surface area contributed by atoms with Crippen molar-refractivity contribution >= 4 is 11.9 Å². The first-order valence-electron chi connectivity index (χ1n) is 31.1. The molecule has 69 heavy (non-hydrogen) atoms. The number of carbonyl (C=O) groups is 2. The molecule has 0 aromatic heterocycles. The number of nitrogens with one attached hydrogen (secondary N) is 1. The largest absolute Gasteiger partial charge is 0.466 e. The van der Waals surface area contributed by atoms with Crippen LogP contribution in [0.1, 0.15) is 341 Å². The number of aliphatic hydroxyl groups is 2. The van der Waals surface area contributed by atoms with E-state index in [1.165, 1.54) is 270 Å². The molecule has 6 nitrogen and oxygen atoms in total. The van der Waals surface area contributed by atoms with Crippen molar-refractivity contribution in [1.29, 1.82) is 0 Å². The topological polar surface area (TPSA) is 95.9 Å². The Bertz CT molecular complexity index is 1080. The van der Waals surface area contributed by atoms with Crippen LogP contribution in [0.25, 0.3) is 0 Å². The summed E-state index contributed by atoms with van der Waals surface area (Å²) in [7, 11) is 0. The molecule has 0 rings (SSSR count). The van der Waals surface area contributed by atoms with Crippen LogP contribution in [0.2, 0.25) is 0 Å². The van der Waals surface area contributed by atoms with E-state index in [4.69, 9.17) is 4.74 Å². The lowest BCUT2D eigenvalue weighted by Crippen LogP contribution is -2.45. The van der Waals surface area contributed by atoms with E-state index >= 15 is 0 Å². The van der Waals surface area contributed by atoms with Crippen molar-refractivity contribution in [3.8, 4) is 0 Å². The minimum Gasteiger partial charge on any atom is -0.466 e. The van der Waals surface area contributed by atoms with Gasteiger partial charge in [0.25, 0.3) is 0 Å². The van der Waals surface area contributed by atoms with Gasteiger partial charge in [-0.05, 0) is 57.8 Å². The van der Waals surface area contributed by atoms with E-state index < -0.39 is 12.1 Å². The number of hydrogen-bond donors (Lipinski definition) is 3. The van der Waals surface area contributed by atoms with Crippen molar-refractivity contribution in [1.82, 2.24) is 5.32 Å². The second-order valence-corrected chi connectivity index (χ2v) is 21.4. The highest BCUT2D eigenvalue weighted by Crippen LogP contribution is 2.17. The maximum atomic E-state index is 12.5. The summed E-state index contributed by atoms with van der Waals surface area (Å²) in [5, 5.41) is 23.1. The molecule has 0 saturated carbocycles. The molecule has 0 aliphatic carbocycles. The Morgan fingerprint density at radius 3 is 1.03 bits per heavy atom. The van der Waals surface area contributed by atoms with Gasteiger partial charge < -0.3 is 20.3 Å². The monoisotopic (exact) mass is 972 g/mol. The van der Waals surface area contributed by atoms with Crippen LogP contribution in [0.15, 0.2) is 24.3 Å². The highest BCUT2D eigenvalue weighted by molar-refractivity contribution is 5.76.